The Kier molecular flexibility index (Phi) is 3.69. The number of nitrogens with one attached hydrogen (secondary N) is 1. The second kappa shape index (κ2) is 5.06. The summed E-state index contributed by atoms with van der Waals surface area (Å²) in [6.07, 6.45) is 0.942. The van der Waals surface area contributed by atoms with Crippen molar-refractivity contribution in [3.8, 4) is 5.75 Å². The van der Waals surface area contributed by atoms with E-state index in [0.717, 1.165) is 22.1 Å². The number of hydrogen-bond acceptors (Lipinski definition) is 3. The Bertz CT molecular complexity index is 448. The molecule has 1 aromatic carbocycles. The van der Waals surface area contributed by atoms with E-state index < -0.39 is 6.10 Å². The van der Waals surface area contributed by atoms with Crippen molar-refractivity contribution in [3.63, 3.8) is 0 Å². The highest BCUT2D eigenvalue weighted by atomic mass is 79.9. The SMILES string of the molecule is CCc1cc(Br)c2c(c1)NC(=O)C(CCN)O2. The second-order valence-corrected chi connectivity index (χ2v) is 4.84. The highest BCUT2D eigenvalue weighted by Gasteiger charge is 2.28. The molecule has 1 unspecified atom stereocenters. The van der Waals surface area contributed by atoms with E-state index in [9.17, 15) is 4.79 Å². The first-order valence-corrected chi connectivity index (χ1v) is 6.45. The molecule has 1 atom stereocenters. The molecule has 1 aliphatic heterocycles. The Morgan fingerprint density at radius 2 is 2.29 bits per heavy atom. The molecular weight excluding hydrogens is 284 g/mol. The number of carbonyl (C=O) groups is 1. The van der Waals surface area contributed by atoms with Gasteiger partial charge in [0.15, 0.2) is 11.9 Å². The molecule has 1 aliphatic rings. The first-order valence-electron chi connectivity index (χ1n) is 5.65. The monoisotopic (exact) mass is 298 g/mol. The van der Waals surface area contributed by atoms with E-state index in [0.29, 0.717) is 18.7 Å². The third-order valence-electron chi connectivity index (χ3n) is 2.75. The molecule has 0 saturated carbocycles. The van der Waals surface area contributed by atoms with Crippen molar-refractivity contribution in [3.05, 3.63) is 22.2 Å². The normalized spacial score (nSPS) is 18.3. The van der Waals surface area contributed by atoms with E-state index >= 15 is 0 Å². The molecule has 0 spiro atoms. The van der Waals surface area contributed by atoms with Crippen LogP contribution in [-0.2, 0) is 11.2 Å². The maximum Gasteiger partial charge on any atom is 0.265 e. The van der Waals surface area contributed by atoms with Gasteiger partial charge in [0.1, 0.15) is 0 Å². The molecule has 0 saturated heterocycles. The summed E-state index contributed by atoms with van der Waals surface area (Å²) in [4.78, 5) is 11.8. The number of hydrogen-bond donors (Lipinski definition) is 2. The summed E-state index contributed by atoms with van der Waals surface area (Å²) in [6.45, 7) is 2.50. The van der Waals surface area contributed by atoms with Crippen LogP contribution in [0.5, 0.6) is 5.75 Å². The molecule has 1 heterocycles. The van der Waals surface area contributed by atoms with Crippen LogP contribution in [-0.4, -0.2) is 18.6 Å². The minimum Gasteiger partial charge on any atom is -0.477 e. The van der Waals surface area contributed by atoms with Crippen molar-refractivity contribution in [1.82, 2.24) is 0 Å². The number of benzene rings is 1. The van der Waals surface area contributed by atoms with Crippen LogP contribution in [0.15, 0.2) is 16.6 Å². The Balaban J connectivity index is 2.34. The number of aryl methyl sites for hydroxylation is 1. The molecule has 1 aromatic rings. The topological polar surface area (TPSA) is 64.4 Å². The van der Waals surface area contributed by atoms with E-state index in [-0.39, 0.29) is 5.91 Å². The van der Waals surface area contributed by atoms with Gasteiger partial charge >= 0.3 is 0 Å². The lowest BCUT2D eigenvalue weighted by molar-refractivity contribution is -0.123. The average Bonchev–Trinajstić information content (AvgIpc) is 2.31. The highest BCUT2D eigenvalue weighted by Crippen LogP contribution is 2.38. The number of ether oxygens (including phenoxy) is 1. The zero-order chi connectivity index (χ0) is 12.4. The minimum atomic E-state index is -0.490. The summed E-state index contributed by atoms with van der Waals surface area (Å²) < 4.78 is 6.55. The molecule has 1 amide bonds. The van der Waals surface area contributed by atoms with Crippen molar-refractivity contribution < 1.29 is 9.53 Å². The lowest BCUT2D eigenvalue weighted by Gasteiger charge is -2.26. The largest absolute Gasteiger partial charge is 0.477 e. The first kappa shape index (κ1) is 12.4. The van der Waals surface area contributed by atoms with Gasteiger partial charge in [-0.2, -0.15) is 0 Å². The van der Waals surface area contributed by atoms with Crippen LogP contribution in [0, 0.1) is 0 Å². The zero-order valence-corrected chi connectivity index (χ0v) is 11.2. The first-order chi connectivity index (χ1) is 8.15. The van der Waals surface area contributed by atoms with Gasteiger partial charge < -0.3 is 15.8 Å². The second-order valence-electron chi connectivity index (χ2n) is 3.98. The Hall–Kier alpha value is -1.07. The van der Waals surface area contributed by atoms with Gasteiger partial charge in [-0.15, -0.1) is 0 Å². The third-order valence-corrected chi connectivity index (χ3v) is 3.34. The van der Waals surface area contributed by atoms with Gasteiger partial charge in [0, 0.05) is 6.42 Å². The van der Waals surface area contributed by atoms with Gasteiger partial charge in [-0.3, -0.25) is 4.79 Å². The van der Waals surface area contributed by atoms with Crippen molar-refractivity contribution in [1.29, 1.82) is 0 Å². The third kappa shape index (κ3) is 2.45. The Morgan fingerprint density at radius 3 is 2.94 bits per heavy atom. The lowest BCUT2D eigenvalue weighted by Crippen LogP contribution is -2.38. The highest BCUT2D eigenvalue weighted by molar-refractivity contribution is 9.10. The summed E-state index contributed by atoms with van der Waals surface area (Å²) in [5.41, 5.74) is 7.33. The van der Waals surface area contributed by atoms with Gasteiger partial charge in [-0.05, 0) is 46.6 Å². The summed E-state index contributed by atoms with van der Waals surface area (Å²) in [5.74, 6) is 0.573. The van der Waals surface area contributed by atoms with Crippen LogP contribution in [0.2, 0.25) is 0 Å². The fourth-order valence-electron chi connectivity index (χ4n) is 1.82. The van der Waals surface area contributed by atoms with Crippen molar-refractivity contribution in [2.45, 2.75) is 25.9 Å². The number of anilines is 1. The fourth-order valence-corrected chi connectivity index (χ4v) is 2.42. The standard InChI is InChI=1S/C12H15BrN2O2/c1-2-7-5-8(13)11-9(6-7)15-12(16)10(17-11)3-4-14/h5-6,10H,2-4,14H2,1H3,(H,15,16). The Morgan fingerprint density at radius 1 is 1.53 bits per heavy atom. The number of fused-ring (bicyclic) bond motifs is 1. The van der Waals surface area contributed by atoms with Gasteiger partial charge in [-0.1, -0.05) is 6.92 Å². The number of amides is 1. The van der Waals surface area contributed by atoms with E-state index in [1.54, 1.807) is 0 Å². The van der Waals surface area contributed by atoms with Crippen LogP contribution >= 0.6 is 15.9 Å². The molecule has 5 heteroatoms. The van der Waals surface area contributed by atoms with E-state index in [1.807, 2.05) is 12.1 Å². The maximum absolute atomic E-state index is 11.8. The van der Waals surface area contributed by atoms with E-state index in [4.69, 9.17) is 10.5 Å². The molecule has 0 fully saturated rings. The van der Waals surface area contributed by atoms with Crippen molar-refractivity contribution >= 4 is 27.5 Å². The number of nitrogens with two attached hydrogens (primary N) is 1. The predicted molar refractivity (Wildman–Crippen MR) is 70.2 cm³/mol. The van der Waals surface area contributed by atoms with Crippen LogP contribution in [0.1, 0.15) is 18.9 Å². The quantitative estimate of drug-likeness (QED) is 0.898. The average molecular weight is 299 g/mol. The van der Waals surface area contributed by atoms with Crippen LogP contribution in [0.4, 0.5) is 5.69 Å². The number of rotatable bonds is 3. The molecule has 4 nitrogen and oxygen atoms in total. The minimum absolute atomic E-state index is 0.122. The summed E-state index contributed by atoms with van der Waals surface area (Å²) in [7, 11) is 0. The van der Waals surface area contributed by atoms with Crippen molar-refractivity contribution in [2.75, 3.05) is 11.9 Å². The molecule has 17 heavy (non-hydrogen) atoms. The summed E-state index contributed by atoms with van der Waals surface area (Å²) in [5, 5.41) is 2.86. The molecule has 3 N–H and O–H groups in total. The molecule has 0 radical (unpaired) electrons. The summed E-state index contributed by atoms with van der Waals surface area (Å²) >= 11 is 3.46. The molecule has 0 aliphatic carbocycles. The van der Waals surface area contributed by atoms with Crippen LogP contribution in [0.25, 0.3) is 0 Å². The molecular formula is C12H15BrN2O2. The van der Waals surface area contributed by atoms with Crippen molar-refractivity contribution in [2.24, 2.45) is 5.73 Å². The molecule has 2 rings (SSSR count). The molecule has 92 valence electrons. The lowest BCUT2D eigenvalue weighted by atomic mass is 10.1. The predicted octanol–water partition coefficient (Wildman–Crippen LogP) is 2.06. The van der Waals surface area contributed by atoms with E-state index in [2.05, 4.69) is 28.2 Å². The fraction of sp³-hybridized carbons (Fsp3) is 0.417. The van der Waals surface area contributed by atoms with Gasteiger partial charge in [0.2, 0.25) is 0 Å². The summed E-state index contributed by atoms with van der Waals surface area (Å²) in [6, 6.07) is 3.95. The maximum atomic E-state index is 11.8. The van der Waals surface area contributed by atoms with Gasteiger partial charge in [0.05, 0.1) is 10.2 Å². The van der Waals surface area contributed by atoms with E-state index in [1.165, 1.54) is 0 Å². The van der Waals surface area contributed by atoms with Crippen LogP contribution < -0.4 is 15.8 Å². The molecule has 0 aromatic heterocycles. The van der Waals surface area contributed by atoms with Gasteiger partial charge in [0.25, 0.3) is 5.91 Å². The van der Waals surface area contributed by atoms with Crippen LogP contribution in [0.3, 0.4) is 0 Å². The smallest absolute Gasteiger partial charge is 0.265 e. The molecule has 0 bridgehead atoms. The number of halogens is 1. The van der Waals surface area contributed by atoms with Gasteiger partial charge in [-0.25, -0.2) is 0 Å². The Labute approximate surface area is 109 Å². The number of carbonyl (C=O) groups excluding carboxylic acids is 1. The zero-order valence-electron chi connectivity index (χ0n) is 9.63.